The minimum Gasteiger partial charge on any atom is -0.480 e. The number of ether oxygens (including phenoxy) is 2. The van der Waals surface area contributed by atoms with Gasteiger partial charge in [-0.15, -0.1) is 0 Å². The first-order valence-electron chi connectivity index (χ1n) is 5.63. The number of hydrogen-bond acceptors (Lipinski definition) is 6. The van der Waals surface area contributed by atoms with Crippen LogP contribution in [0.25, 0.3) is 0 Å². The van der Waals surface area contributed by atoms with Gasteiger partial charge < -0.3 is 20.1 Å². The predicted molar refractivity (Wildman–Crippen MR) is 62.7 cm³/mol. The van der Waals surface area contributed by atoms with Gasteiger partial charge in [0.2, 0.25) is 5.88 Å². The fourth-order valence-electron chi connectivity index (χ4n) is 1.93. The van der Waals surface area contributed by atoms with Crippen LogP contribution in [0.2, 0.25) is 0 Å². The third-order valence-electron chi connectivity index (χ3n) is 2.90. The lowest BCUT2D eigenvalue weighted by molar-refractivity contribution is -0.0336. The van der Waals surface area contributed by atoms with Crippen molar-refractivity contribution in [2.45, 2.75) is 12.1 Å². The molecule has 0 spiro atoms. The SMILES string of the molecule is COc1nccnc1C(N)C1CN(C)CCO1. The summed E-state index contributed by atoms with van der Waals surface area (Å²) in [5.41, 5.74) is 6.82. The van der Waals surface area contributed by atoms with Crippen molar-refractivity contribution in [3.8, 4) is 5.88 Å². The first-order valence-corrected chi connectivity index (χ1v) is 5.63. The molecule has 0 bridgehead atoms. The van der Waals surface area contributed by atoms with E-state index in [2.05, 4.69) is 21.9 Å². The second-order valence-corrected chi connectivity index (χ2v) is 4.15. The molecule has 6 heteroatoms. The Morgan fingerprint density at radius 2 is 2.29 bits per heavy atom. The van der Waals surface area contributed by atoms with E-state index in [1.807, 2.05) is 0 Å². The first-order chi connectivity index (χ1) is 8.22. The molecule has 2 N–H and O–H groups in total. The molecule has 1 aromatic rings. The minimum atomic E-state index is -0.318. The molecule has 0 aliphatic carbocycles. The summed E-state index contributed by atoms with van der Waals surface area (Å²) in [6.07, 6.45) is 3.13. The van der Waals surface area contributed by atoms with Crippen LogP contribution in [0.15, 0.2) is 12.4 Å². The Kier molecular flexibility index (Phi) is 3.88. The molecule has 1 aromatic heterocycles. The molecule has 6 nitrogen and oxygen atoms in total. The zero-order valence-corrected chi connectivity index (χ0v) is 10.2. The van der Waals surface area contributed by atoms with Gasteiger partial charge >= 0.3 is 0 Å². The number of nitrogens with two attached hydrogens (primary N) is 1. The van der Waals surface area contributed by atoms with Crippen molar-refractivity contribution >= 4 is 0 Å². The summed E-state index contributed by atoms with van der Waals surface area (Å²) in [4.78, 5) is 10.5. The number of hydrogen-bond donors (Lipinski definition) is 1. The van der Waals surface area contributed by atoms with Crippen molar-refractivity contribution in [3.63, 3.8) is 0 Å². The smallest absolute Gasteiger partial charge is 0.237 e. The third kappa shape index (κ3) is 2.71. The summed E-state index contributed by atoms with van der Waals surface area (Å²) in [6, 6.07) is -0.318. The van der Waals surface area contributed by atoms with Crippen molar-refractivity contribution in [2.75, 3.05) is 33.9 Å². The van der Waals surface area contributed by atoms with Gasteiger partial charge in [0, 0.05) is 25.5 Å². The number of methoxy groups -OCH3 is 1. The van der Waals surface area contributed by atoms with Crippen LogP contribution >= 0.6 is 0 Å². The Labute approximate surface area is 101 Å². The zero-order valence-electron chi connectivity index (χ0n) is 10.2. The molecule has 17 heavy (non-hydrogen) atoms. The van der Waals surface area contributed by atoms with Crippen LogP contribution < -0.4 is 10.5 Å². The lowest BCUT2D eigenvalue weighted by Crippen LogP contribution is -2.45. The average molecular weight is 238 g/mol. The molecule has 2 atom stereocenters. The van der Waals surface area contributed by atoms with Crippen molar-refractivity contribution in [1.29, 1.82) is 0 Å². The van der Waals surface area contributed by atoms with Gasteiger partial charge in [0.25, 0.3) is 0 Å². The van der Waals surface area contributed by atoms with Crippen LogP contribution in [0.5, 0.6) is 5.88 Å². The summed E-state index contributed by atoms with van der Waals surface area (Å²) < 4.78 is 10.8. The van der Waals surface area contributed by atoms with E-state index < -0.39 is 0 Å². The molecule has 94 valence electrons. The molecule has 1 saturated heterocycles. The number of aromatic nitrogens is 2. The van der Waals surface area contributed by atoms with Crippen LogP contribution in [0.1, 0.15) is 11.7 Å². The van der Waals surface area contributed by atoms with Crippen molar-refractivity contribution in [2.24, 2.45) is 5.73 Å². The summed E-state index contributed by atoms with van der Waals surface area (Å²) in [6.45, 7) is 2.42. The molecule has 0 amide bonds. The molecule has 2 heterocycles. The number of nitrogens with zero attached hydrogens (tertiary/aromatic N) is 3. The van der Waals surface area contributed by atoms with Gasteiger partial charge in [-0.05, 0) is 7.05 Å². The lowest BCUT2D eigenvalue weighted by Gasteiger charge is -2.33. The van der Waals surface area contributed by atoms with Gasteiger partial charge in [-0.2, -0.15) is 0 Å². The normalized spacial score (nSPS) is 23.4. The van der Waals surface area contributed by atoms with Gasteiger partial charge in [-0.25, -0.2) is 4.98 Å². The maximum absolute atomic E-state index is 6.17. The topological polar surface area (TPSA) is 73.5 Å². The molecular weight excluding hydrogens is 220 g/mol. The highest BCUT2D eigenvalue weighted by molar-refractivity contribution is 5.22. The molecule has 0 radical (unpaired) electrons. The zero-order chi connectivity index (χ0) is 12.3. The van der Waals surface area contributed by atoms with Gasteiger partial charge in [0.05, 0.1) is 25.9 Å². The Bertz CT molecular complexity index is 374. The second-order valence-electron chi connectivity index (χ2n) is 4.15. The minimum absolute atomic E-state index is 0.0700. The molecule has 1 aliphatic heterocycles. The average Bonchev–Trinajstić information content (AvgIpc) is 2.38. The Morgan fingerprint density at radius 1 is 1.53 bits per heavy atom. The third-order valence-corrected chi connectivity index (χ3v) is 2.90. The number of likely N-dealkylation sites (N-methyl/N-ethyl adjacent to an activating group) is 1. The fourth-order valence-corrected chi connectivity index (χ4v) is 1.93. The molecule has 2 unspecified atom stereocenters. The highest BCUT2D eigenvalue weighted by Gasteiger charge is 2.28. The maximum Gasteiger partial charge on any atom is 0.237 e. The molecule has 2 rings (SSSR count). The van der Waals surface area contributed by atoms with E-state index in [0.717, 1.165) is 13.1 Å². The fraction of sp³-hybridized carbons (Fsp3) is 0.636. The Morgan fingerprint density at radius 3 is 3.00 bits per heavy atom. The molecule has 1 fully saturated rings. The lowest BCUT2D eigenvalue weighted by atomic mass is 10.1. The molecule has 1 aliphatic rings. The largest absolute Gasteiger partial charge is 0.480 e. The van der Waals surface area contributed by atoms with Crippen LogP contribution in [-0.4, -0.2) is 54.8 Å². The summed E-state index contributed by atoms with van der Waals surface area (Å²) in [7, 11) is 3.62. The number of rotatable bonds is 3. The van der Waals surface area contributed by atoms with Crippen LogP contribution in [0.4, 0.5) is 0 Å². The summed E-state index contributed by atoms with van der Waals surface area (Å²) >= 11 is 0. The quantitative estimate of drug-likeness (QED) is 0.787. The van der Waals surface area contributed by atoms with Crippen LogP contribution in [0.3, 0.4) is 0 Å². The Hall–Kier alpha value is -1.24. The van der Waals surface area contributed by atoms with Gasteiger partial charge in [-0.3, -0.25) is 4.98 Å². The van der Waals surface area contributed by atoms with E-state index in [1.54, 1.807) is 19.5 Å². The van der Waals surface area contributed by atoms with Crippen molar-refractivity contribution in [3.05, 3.63) is 18.1 Å². The number of morpholine rings is 1. The predicted octanol–water partition coefficient (Wildman–Crippen LogP) is -0.184. The van der Waals surface area contributed by atoms with Crippen molar-refractivity contribution in [1.82, 2.24) is 14.9 Å². The van der Waals surface area contributed by atoms with E-state index in [4.69, 9.17) is 15.2 Å². The Balaban J connectivity index is 2.15. The standard InChI is InChI=1S/C11H18N4O2/c1-15-5-6-17-8(7-15)9(12)10-11(16-2)14-4-3-13-10/h3-4,8-9H,5-7,12H2,1-2H3. The van der Waals surface area contributed by atoms with Gasteiger partial charge in [0.15, 0.2) is 0 Å². The van der Waals surface area contributed by atoms with Crippen LogP contribution in [-0.2, 0) is 4.74 Å². The van der Waals surface area contributed by atoms with Gasteiger partial charge in [0.1, 0.15) is 5.69 Å². The van der Waals surface area contributed by atoms with E-state index >= 15 is 0 Å². The molecular formula is C11H18N4O2. The molecule has 0 aromatic carbocycles. The van der Waals surface area contributed by atoms with Crippen LogP contribution in [0, 0.1) is 0 Å². The highest BCUT2D eigenvalue weighted by atomic mass is 16.5. The van der Waals surface area contributed by atoms with E-state index in [1.165, 1.54) is 0 Å². The summed E-state index contributed by atoms with van der Waals surface area (Å²) in [5, 5.41) is 0. The van der Waals surface area contributed by atoms with E-state index in [9.17, 15) is 0 Å². The van der Waals surface area contributed by atoms with Crippen molar-refractivity contribution < 1.29 is 9.47 Å². The summed E-state index contributed by atoms with van der Waals surface area (Å²) in [5.74, 6) is 0.469. The maximum atomic E-state index is 6.17. The van der Waals surface area contributed by atoms with Gasteiger partial charge in [-0.1, -0.05) is 0 Å². The second kappa shape index (κ2) is 5.39. The van der Waals surface area contributed by atoms with E-state index in [0.29, 0.717) is 18.2 Å². The monoisotopic (exact) mass is 238 g/mol. The molecule has 0 saturated carbocycles. The highest BCUT2D eigenvalue weighted by Crippen LogP contribution is 2.23. The van der Waals surface area contributed by atoms with E-state index in [-0.39, 0.29) is 12.1 Å². The first kappa shape index (κ1) is 12.2.